The second kappa shape index (κ2) is 22.2. The highest BCUT2D eigenvalue weighted by Crippen LogP contribution is 2.30. The lowest BCUT2D eigenvalue weighted by atomic mass is 10.2. The Bertz CT molecular complexity index is 1120. The molecule has 8 N–H and O–H groups in total. The zero-order valence-electron chi connectivity index (χ0n) is 23.8. The van der Waals surface area contributed by atoms with E-state index in [1.165, 1.54) is 17.0 Å². The quantitative estimate of drug-likeness (QED) is 0.124. The third kappa shape index (κ3) is 25.4. The average molecular weight is 589 g/mol. The Labute approximate surface area is 236 Å². The molecular weight excluding hydrogens is 549 g/mol. The normalized spacial score (nSPS) is 9.44. The van der Waals surface area contributed by atoms with Crippen molar-refractivity contribution in [2.24, 2.45) is 11.8 Å². The average Bonchev–Trinajstić information content (AvgIpc) is 3.50. The molecule has 4 rings (SSSR count). The van der Waals surface area contributed by atoms with E-state index in [2.05, 4.69) is 68.9 Å². The lowest BCUT2D eigenvalue weighted by Crippen LogP contribution is -2.04. The van der Waals surface area contributed by atoms with Gasteiger partial charge in [-0.25, -0.2) is 9.59 Å². The number of carboxylic acid groups (broad SMARTS) is 4. The molecular formula is C27H39F3N4O7. The minimum absolute atomic E-state index is 0. The van der Waals surface area contributed by atoms with Crippen molar-refractivity contribution in [3.8, 4) is 11.5 Å². The van der Waals surface area contributed by atoms with Crippen molar-refractivity contribution >= 4 is 23.1 Å². The van der Waals surface area contributed by atoms with Gasteiger partial charge in [0.15, 0.2) is 11.5 Å². The van der Waals surface area contributed by atoms with Crippen LogP contribution in [0.4, 0.5) is 22.8 Å². The second-order valence-electron chi connectivity index (χ2n) is 8.89. The van der Waals surface area contributed by atoms with Crippen molar-refractivity contribution in [3.05, 3.63) is 72.9 Å². The van der Waals surface area contributed by atoms with Crippen molar-refractivity contribution in [1.29, 1.82) is 0 Å². The van der Waals surface area contributed by atoms with Crippen LogP contribution in [-0.4, -0.2) is 47.9 Å². The summed E-state index contributed by atoms with van der Waals surface area (Å²) in [5.74, 6) is 1.99. The molecule has 0 spiro atoms. The molecule has 0 saturated carbocycles. The fourth-order valence-electron chi connectivity index (χ4n) is 2.05. The van der Waals surface area contributed by atoms with E-state index in [1.54, 1.807) is 12.1 Å². The monoisotopic (exact) mass is 588 g/mol. The van der Waals surface area contributed by atoms with Crippen LogP contribution in [0.1, 0.15) is 47.2 Å². The van der Waals surface area contributed by atoms with E-state index in [0.717, 1.165) is 17.9 Å². The van der Waals surface area contributed by atoms with E-state index in [-0.39, 0.29) is 11.8 Å². The van der Waals surface area contributed by atoms with Crippen molar-refractivity contribution in [2.45, 2.75) is 47.7 Å². The lowest BCUT2D eigenvalue weighted by Gasteiger charge is -1.98. The summed E-state index contributed by atoms with van der Waals surface area (Å²) in [6.45, 7) is 13.0. The molecule has 0 radical (unpaired) electrons. The summed E-state index contributed by atoms with van der Waals surface area (Å²) in [6, 6.07) is 14.2. The van der Waals surface area contributed by atoms with Crippen molar-refractivity contribution in [3.63, 3.8) is 0 Å². The molecule has 41 heavy (non-hydrogen) atoms. The molecule has 0 bridgehead atoms. The Hall–Kier alpha value is -4.59. The Morgan fingerprint density at radius 1 is 0.829 bits per heavy atom. The predicted molar refractivity (Wildman–Crippen MR) is 150 cm³/mol. The smallest absolute Gasteiger partial charge is 0.463 e. The number of alkyl halides is 3. The number of nitrogens with zero attached hydrogens (tertiary/aromatic N) is 2. The van der Waals surface area contributed by atoms with Gasteiger partial charge in [0.2, 0.25) is 0 Å². The number of aromatic amines is 1. The highest BCUT2D eigenvalue weighted by molar-refractivity contribution is 5.80. The minimum atomic E-state index is -4.43. The van der Waals surface area contributed by atoms with Gasteiger partial charge in [-0.1, -0.05) is 65.8 Å². The van der Waals surface area contributed by atoms with Crippen molar-refractivity contribution < 1.29 is 47.6 Å². The SMILES string of the molecule is CC(C)C.CC(C)C.FC(F)(F)c1cc(-c2ccco2)[nH]n1.N.O=C(O)O.O=C(O)O.c1ccc2cnccc2c1. The van der Waals surface area contributed by atoms with Crippen LogP contribution in [-0.2, 0) is 6.18 Å². The van der Waals surface area contributed by atoms with Gasteiger partial charge in [0.1, 0.15) is 5.69 Å². The number of aromatic nitrogens is 3. The van der Waals surface area contributed by atoms with Crippen LogP contribution in [0.15, 0.2) is 71.6 Å². The summed E-state index contributed by atoms with van der Waals surface area (Å²) >= 11 is 0. The number of H-pyrrole nitrogens is 1. The van der Waals surface area contributed by atoms with Crippen LogP contribution in [0.2, 0.25) is 0 Å². The van der Waals surface area contributed by atoms with Crippen molar-refractivity contribution in [1.82, 2.24) is 21.3 Å². The number of hydrogen-bond acceptors (Lipinski definition) is 6. The van der Waals surface area contributed by atoms with E-state index in [1.807, 2.05) is 30.6 Å². The summed E-state index contributed by atoms with van der Waals surface area (Å²) in [6.07, 6.45) is -3.04. The topological polar surface area (TPSA) is 205 Å². The number of pyridine rings is 1. The number of benzene rings is 1. The first-order valence-electron chi connectivity index (χ1n) is 11.8. The number of rotatable bonds is 1. The largest absolute Gasteiger partial charge is 0.503 e. The van der Waals surface area contributed by atoms with Crippen LogP contribution < -0.4 is 6.15 Å². The summed E-state index contributed by atoms with van der Waals surface area (Å²) in [7, 11) is 0. The highest BCUT2D eigenvalue weighted by Gasteiger charge is 2.34. The Morgan fingerprint density at radius 3 is 1.66 bits per heavy atom. The molecule has 3 heterocycles. The van der Waals surface area contributed by atoms with Gasteiger partial charge in [-0.3, -0.25) is 10.1 Å². The van der Waals surface area contributed by atoms with Gasteiger partial charge in [-0.15, -0.1) is 0 Å². The zero-order valence-corrected chi connectivity index (χ0v) is 23.8. The van der Waals surface area contributed by atoms with Crippen LogP contribution in [0.25, 0.3) is 22.2 Å². The summed E-state index contributed by atoms with van der Waals surface area (Å²) in [5, 5.41) is 35.7. The van der Waals surface area contributed by atoms with Gasteiger partial charge in [0, 0.05) is 12.4 Å². The first kappa shape index (κ1) is 40.9. The maximum absolute atomic E-state index is 12.1. The Kier molecular flexibility index (Phi) is 22.2. The summed E-state index contributed by atoms with van der Waals surface area (Å²) in [5.41, 5.74) is -0.744. The molecule has 0 amide bonds. The second-order valence-corrected chi connectivity index (χ2v) is 8.89. The van der Waals surface area contributed by atoms with Gasteiger partial charge in [-0.05, 0) is 46.9 Å². The van der Waals surface area contributed by atoms with Crippen LogP contribution in [0.5, 0.6) is 0 Å². The number of fused-ring (bicyclic) bond motifs is 1. The lowest BCUT2D eigenvalue weighted by molar-refractivity contribution is -0.141. The van der Waals surface area contributed by atoms with E-state index >= 15 is 0 Å². The van der Waals surface area contributed by atoms with Gasteiger partial charge >= 0.3 is 18.5 Å². The fraction of sp³-hybridized carbons (Fsp3) is 0.333. The highest BCUT2D eigenvalue weighted by atomic mass is 19.4. The number of carbonyl (C=O) groups is 2. The van der Waals surface area contributed by atoms with E-state index in [0.29, 0.717) is 5.76 Å². The zero-order chi connectivity index (χ0) is 31.3. The molecule has 0 aliphatic rings. The van der Waals surface area contributed by atoms with Gasteiger partial charge in [0.25, 0.3) is 0 Å². The van der Waals surface area contributed by atoms with Gasteiger partial charge < -0.3 is 31.0 Å². The molecule has 3 aromatic heterocycles. The minimum Gasteiger partial charge on any atom is -0.463 e. The van der Waals surface area contributed by atoms with E-state index in [9.17, 15) is 13.2 Å². The van der Waals surface area contributed by atoms with E-state index in [4.69, 9.17) is 34.4 Å². The fourth-order valence-corrected chi connectivity index (χ4v) is 2.05. The molecule has 4 aromatic rings. The first-order chi connectivity index (χ1) is 18.5. The summed E-state index contributed by atoms with van der Waals surface area (Å²) < 4.78 is 41.3. The van der Waals surface area contributed by atoms with E-state index < -0.39 is 24.2 Å². The number of halogens is 3. The standard InChI is InChI=1S/C9H7N.C8H5F3N2O.2C4H10.2CH2O3.H3N/c1-2-4-9-7-10-6-5-8(9)3-1;9-8(10,11)7-4-5(12-13-7)6-2-1-3-14-6;2*1-4(2)3;2*2-1(3)4;/h1-7H;1-4H,(H,12,13);2*4H,1-3H3;2*(H2,2,3,4);1H3. The van der Waals surface area contributed by atoms with Crippen LogP contribution in [0.3, 0.4) is 0 Å². The number of nitrogens with one attached hydrogen (secondary N) is 1. The third-order valence-corrected chi connectivity index (χ3v) is 3.20. The van der Waals surface area contributed by atoms with Gasteiger partial charge in [0.05, 0.1) is 6.26 Å². The van der Waals surface area contributed by atoms with Crippen LogP contribution >= 0.6 is 0 Å². The molecule has 0 fully saturated rings. The number of furan rings is 1. The molecule has 1 aromatic carbocycles. The summed E-state index contributed by atoms with van der Waals surface area (Å²) in [4.78, 5) is 21.1. The molecule has 14 heteroatoms. The maximum Gasteiger partial charge on any atom is 0.503 e. The Morgan fingerprint density at radius 2 is 1.29 bits per heavy atom. The van der Waals surface area contributed by atoms with Crippen molar-refractivity contribution in [2.75, 3.05) is 0 Å². The van der Waals surface area contributed by atoms with Gasteiger partial charge in [-0.2, -0.15) is 18.3 Å². The molecule has 0 saturated heterocycles. The molecule has 0 aliphatic heterocycles. The predicted octanol–water partition coefficient (Wildman–Crippen LogP) is 8.85. The number of hydrogen-bond donors (Lipinski definition) is 6. The molecule has 0 unspecified atom stereocenters. The third-order valence-electron chi connectivity index (χ3n) is 3.20. The molecule has 0 aliphatic carbocycles. The maximum atomic E-state index is 12.1. The van der Waals surface area contributed by atoms with Crippen LogP contribution in [0, 0.1) is 11.8 Å². The first-order valence-corrected chi connectivity index (χ1v) is 11.8. The Balaban J connectivity index is -0.000000469. The molecule has 11 nitrogen and oxygen atoms in total. The molecule has 0 atom stereocenters. The molecule has 230 valence electrons.